The third kappa shape index (κ3) is 4.51. The molecule has 6 nitrogen and oxygen atoms in total. The first-order valence-corrected chi connectivity index (χ1v) is 8.87. The summed E-state index contributed by atoms with van der Waals surface area (Å²) in [5, 5.41) is 0.588. The van der Waals surface area contributed by atoms with Crippen LogP contribution in [0, 0.1) is 5.92 Å². The molecule has 1 aromatic carbocycles. The minimum atomic E-state index is -0.219. The maximum absolute atomic E-state index is 12.5. The first-order valence-electron chi connectivity index (χ1n) is 8.49. The van der Waals surface area contributed by atoms with E-state index in [1.807, 2.05) is 20.8 Å². The van der Waals surface area contributed by atoms with Gasteiger partial charge in [-0.25, -0.2) is 0 Å². The summed E-state index contributed by atoms with van der Waals surface area (Å²) < 4.78 is 0. The molecule has 3 amide bonds. The Morgan fingerprint density at radius 2 is 1.88 bits per heavy atom. The molecule has 1 aromatic rings. The van der Waals surface area contributed by atoms with Crippen LogP contribution in [-0.4, -0.2) is 53.8 Å². The summed E-state index contributed by atoms with van der Waals surface area (Å²) in [5.74, 6) is -0.507. The predicted octanol–water partition coefficient (Wildman–Crippen LogP) is 2.37. The first-order chi connectivity index (χ1) is 11.9. The van der Waals surface area contributed by atoms with Crippen molar-refractivity contribution in [2.75, 3.05) is 31.2 Å². The zero-order chi connectivity index (χ0) is 18.6. The SMILES string of the molecule is CC[C@@H](C)C(=O)N(CC)CC(=O)N1CC(=O)N(c2ccc(Cl)cc2)C1. The Labute approximate surface area is 153 Å². The lowest BCUT2D eigenvalue weighted by molar-refractivity contribution is -0.142. The van der Waals surface area contributed by atoms with E-state index in [1.54, 1.807) is 34.1 Å². The number of anilines is 1. The van der Waals surface area contributed by atoms with Crippen LogP contribution in [0.15, 0.2) is 24.3 Å². The van der Waals surface area contributed by atoms with Crippen molar-refractivity contribution in [1.29, 1.82) is 0 Å². The average molecular weight is 366 g/mol. The fourth-order valence-electron chi connectivity index (χ4n) is 2.66. The topological polar surface area (TPSA) is 60.9 Å². The second kappa shape index (κ2) is 8.34. The van der Waals surface area contributed by atoms with Crippen molar-refractivity contribution in [1.82, 2.24) is 9.80 Å². The van der Waals surface area contributed by atoms with Gasteiger partial charge >= 0.3 is 0 Å². The van der Waals surface area contributed by atoms with Crippen LogP contribution in [0.25, 0.3) is 0 Å². The van der Waals surface area contributed by atoms with E-state index >= 15 is 0 Å². The van der Waals surface area contributed by atoms with Gasteiger partial charge in [0.25, 0.3) is 0 Å². The lowest BCUT2D eigenvalue weighted by Gasteiger charge is -2.26. The lowest BCUT2D eigenvalue weighted by Crippen LogP contribution is -2.44. The number of amides is 3. The normalized spacial score (nSPS) is 15.4. The van der Waals surface area contributed by atoms with Crippen LogP contribution in [0.3, 0.4) is 0 Å². The molecule has 0 N–H and O–H groups in total. The molecule has 0 saturated carbocycles. The van der Waals surface area contributed by atoms with Crippen LogP contribution in [0.2, 0.25) is 5.02 Å². The number of rotatable bonds is 6. The molecule has 1 aliphatic heterocycles. The molecule has 25 heavy (non-hydrogen) atoms. The molecule has 0 unspecified atom stereocenters. The summed E-state index contributed by atoms with van der Waals surface area (Å²) in [4.78, 5) is 41.6. The van der Waals surface area contributed by atoms with E-state index in [1.165, 1.54) is 4.90 Å². The van der Waals surface area contributed by atoms with E-state index in [0.29, 0.717) is 17.3 Å². The van der Waals surface area contributed by atoms with Crippen LogP contribution in [0.4, 0.5) is 5.69 Å². The van der Waals surface area contributed by atoms with E-state index in [4.69, 9.17) is 11.6 Å². The molecule has 0 aliphatic carbocycles. The second-order valence-electron chi connectivity index (χ2n) is 6.19. The van der Waals surface area contributed by atoms with Gasteiger partial charge in [0.15, 0.2) is 0 Å². The fourth-order valence-corrected chi connectivity index (χ4v) is 2.78. The van der Waals surface area contributed by atoms with E-state index in [0.717, 1.165) is 6.42 Å². The van der Waals surface area contributed by atoms with Gasteiger partial charge < -0.3 is 9.80 Å². The molecule has 1 atom stereocenters. The van der Waals surface area contributed by atoms with Gasteiger partial charge in [0, 0.05) is 23.2 Å². The number of hydrogen-bond acceptors (Lipinski definition) is 3. The molecule has 0 aromatic heterocycles. The summed E-state index contributed by atoms with van der Waals surface area (Å²) in [7, 11) is 0. The highest BCUT2D eigenvalue weighted by Gasteiger charge is 2.33. The van der Waals surface area contributed by atoms with Crippen molar-refractivity contribution in [3.63, 3.8) is 0 Å². The van der Waals surface area contributed by atoms with Crippen molar-refractivity contribution in [3.8, 4) is 0 Å². The van der Waals surface area contributed by atoms with Crippen molar-refractivity contribution in [2.45, 2.75) is 27.2 Å². The summed E-state index contributed by atoms with van der Waals surface area (Å²) in [6, 6.07) is 6.91. The zero-order valence-corrected chi connectivity index (χ0v) is 15.6. The van der Waals surface area contributed by atoms with Gasteiger partial charge in [-0.15, -0.1) is 0 Å². The summed E-state index contributed by atoms with van der Waals surface area (Å²) in [6.07, 6.45) is 0.732. The Hall–Kier alpha value is -2.08. The van der Waals surface area contributed by atoms with E-state index in [-0.39, 0.29) is 43.4 Å². The van der Waals surface area contributed by atoms with Crippen molar-refractivity contribution < 1.29 is 14.4 Å². The third-order valence-electron chi connectivity index (χ3n) is 4.48. The number of carbonyl (C=O) groups is 3. The number of likely N-dealkylation sites (N-methyl/N-ethyl adjacent to an activating group) is 1. The number of benzene rings is 1. The van der Waals surface area contributed by atoms with Gasteiger partial charge in [0.1, 0.15) is 13.2 Å². The third-order valence-corrected chi connectivity index (χ3v) is 4.74. The van der Waals surface area contributed by atoms with Gasteiger partial charge in [-0.2, -0.15) is 0 Å². The quantitative estimate of drug-likeness (QED) is 0.777. The monoisotopic (exact) mass is 365 g/mol. The molecular formula is C18H24ClN3O3. The molecule has 1 fully saturated rings. The van der Waals surface area contributed by atoms with E-state index in [9.17, 15) is 14.4 Å². The Bertz CT molecular complexity index is 647. The fraction of sp³-hybridized carbons (Fsp3) is 0.500. The van der Waals surface area contributed by atoms with Crippen LogP contribution in [-0.2, 0) is 14.4 Å². The average Bonchev–Trinajstić information content (AvgIpc) is 3.00. The smallest absolute Gasteiger partial charge is 0.248 e. The van der Waals surface area contributed by atoms with E-state index in [2.05, 4.69) is 0 Å². The molecule has 1 heterocycles. The number of halogens is 1. The van der Waals surface area contributed by atoms with Crippen molar-refractivity contribution in [3.05, 3.63) is 29.3 Å². The summed E-state index contributed by atoms with van der Waals surface area (Å²) >= 11 is 5.87. The molecule has 2 rings (SSSR count). The van der Waals surface area contributed by atoms with E-state index < -0.39 is 0 Å². The maximum atomic E-state index is 12.5. The van der Waals surface area contributed by atoms with Crippen LogP contribution in [0.1, 0.15) is 27.2 Å². The zero-order valence-electron chi connectivity index (χ0n) is 14.9. The van der Waals surface area contributed by atoms with Gasteiger partial charge in [-0.05, 0) is 37.6 Å². The number of carbonyl (C=O) groups excluding carboxylic acids is 3. The highest BCUT2D eigenvalue weighted by molar-refractivity contribution is 6.30. The van der Waals surface area contributed by atoms with Gasteiger partial charge in [-0.3, -0.25) is 19.3 Å². The standard InChI is InChI=1S/C18H24ClN3O3/c1-4-13(3)18(25)20(5-2)10-16(23)21-11-17(24)22(12-21)15-8-6-14(19)7-9-15/h6-9,13H,4-5,10-12H2,1-3H3/t13-/m1/s1. The summed E-state index contributed by atoms with van der Waals surface area (Å²) in [6.45, 7) is 6.34. The largest absolute Gasteiger partial charge is 0.333 e. The maximum Gasteiger partial charge on any atom is 0.248 e. The van der Waals surface area contributed by atoms with Gasteiger partial charge in [0.05, 0.1) is 6.54 Å². The Morgan fingerprint density at radius 1 is 1.24 bits per heavy atom. The van der Waals surface area contributed by atoms with Crippen LogP contribution < -0.4 is 4.90 Å². The molecular weight excluding hydrogens is 342 g/mol. The highest BCUT2D eigenvalue weighted by Crippen LogP contribution is 2.22. The number of hydrogen-bond donors (Lipinski definition) is 0. The minimum Gasteiger partial charge on any atom is -0.333 e. The minimum absolute atomic E-state index is 0.00140. The molecule has 1 saturated heterocycles. The Morgan fingerprint density at radius 3 is 2.44 bits per heavy atom. The number of nitrogens with zero attached hydrogens (tertiary/aromatic N) is 3. The van der Waals surface area contributed by atoms with Crippen molar-refractivity contribution >= 4 is 35.0 Å². The first kappa shape index (κ1) is 19.2. The second-order valence-corrected chi connectivity index (χ2v) is 6.63. The molecule has 0 radical (unpaired) electrons. The predicted molar refractivity (Wildman–Crippen MR) is 97.2 cm³/mol. The molecule has 136 valence electrons. The molecule has 0 spiro atoms. The summed E-state index contributed by atoms with van der Waals surface area (Å²) in [5.41, 5.74) is 0.702. The molecule has 1 aliphatic rings. The van der Waals surface area contributed by atoms with Gasteiger partial charge in [-0.1, -0.05) is 25.4 Å². The van der Waals surface area contributed by atoms with Crippen LogP contribution in [0.5, 0.6) is 0 Å². The van der Waals surface area contributed by atoms with Gasteiger partial charge in [0.2, 0.25) is 17.7 Å². The Kier molecular flexibility index (Phi) is 6.42. The Balaban J connectivity index is 2.02. The van der Waals surface area contributed by atoms with Crippen LogP contribution >= 0.6 is 11.6 Å². The highest BCUT2D eigenvalue weighted by atomic mass is 35.5. The van der Waals surface area contributed by atoms with Crippen molar-refractivity contribution in [2.24, 2.45) is 5.92 Å². The molecule has 7 heteroatoms. The molecule has 0 bridgehead atoms. The lowest BCUT2D eigenvalue weighted by atomic mass is 10.1.